The molecule has 0 saturated carbocycles. The minimum atomic E-state index is 0.987. The first kappa shape index (κ1) is 22.0. The molecule has 0 atom stereocenters. The minimum Gasteiger partial charge on any atom is -0.0654 e. The molecule has 0 rings (SSSR count). The van der Waals surface area contributed by atoms with Crippen LogP contribution in [0, 0.1) is 17.8 Å². The van der Waals surface area contributed by atoms with Crippen molar-refractivity contribution < 1.29 is 0 Å². The summed E-state index contributed by atoms with van der Waals surface area (Å²) in [6.45, 7) is 11.8. The predicted octanol–water partition coefficient (Wildman–Crippen LogP) is 8.40. The van der Waals surface area contributed by atoms with Gasteiger partial charge < -0.3 is 0 Å². The number of rotatable bonds is 16. The zero-order chi connectivity index (χ0) is 16.6. The van der Waals surface area contributed by atoms with Crippen LogP contribution in [0.5, 0.6) is 0 Å². The first-order chi connectivity index (χ1) is 10.7. The van der Waals surface area contributed by atoms with Crippen LogP contribution in [0.15, 0.2) is 0 Å². The average molecular weight is 311 g/mol. The van der Waals surface area contributed by atoms with Gasteiger partial charge in [-0.25, -0.2) is 0 Å². The Balaban J connectivity index is 4.02. The molecule has 0 aliphatic carbocycles. The molecule has 0 spiro atoms. The van der Waals surface area contributed by atoms with Gasteiger partial charge in [-0.3, -0.25) is 0 Å². The molecule has 0 unspecified atom stereocenters. The monoisotopic (exact) mass is 310 g/mol. The summed E-state index contributed by atoms with van der Waals surface area (Å²) in [4.78, 5) is 0. The predicted molar refractivity (Wildman–Crippen MR) is 103 cm³/mol. The van der Waals surface area contributed by atoms with Crippen LogP contribution in [0.2, 0.25) is 0 Å². The van der Waals surface area contributed by atoms with E-state index in [4.69, 9.17) is 0 Å². The average Bonchev–Trinajstić information content (AvgIpc) is 2.55. The van der Waals surface area contributed by atoms with E-state index in [0.717, 1.165) is 17.8 Å². The van der Waals surface area contributed by atoms with Gasteiger partial charge in [-0.2, -0.15) is 0 Å². The Kier molecular flexibility index (Phi) is 15.9. The smallest absolute Gasteiger partial charge is 0.0414 e. The Hall–Kier alpha value is 0. The molecule has 134 valence electrons. The minimum absolute atomic E-state index is 0.987. The van der Waals surface area contributed by atoms with Gasteiger partial charge in [-0.15, -0.1) is 0 Å². The van der Waals surface area contributed by atoms with Crippen molar-refractivity contribution in [3.8, 4) is 0 Å². The zero-order valence-corrected chi connectivity index (χ0v) is 16.6. The topological polar surface area (TPSA) is 0 Å². The van der Waals surface area contributed by atoms with Crippen LogP contribution in [0.4, 0.5) is 0 Å². The summed E-state index contributed by atoms with van der Waals surface area (Å²) in [5.74, 6) is 3.00. The van der Waals surface area contributed by atoms with E-state index in [0.29, 0.717) is 0 Å². The second-order valence-corrected chi connectivity index (χ2v) is 7.59. The molecule has 0 radical (unpaired) electrons. The maximum absolute atomic E-state index is 2.36. The second-order valence-electron chi connectivity index (χ2n) is 7.59. The summed E-state index contributed by atoms with van der Waals surface area (Å²) in [5, 5.41) is 0. The van der Waals surface area contributed by atoms with Gasteiger partial charge in [0.1, 0.15) is 0 Å². The molecule has 0 amide bonds. The summed E-state index contributed by atoms with van der Waals surface area (Å²) >= 11 is 0. The fourth-order valence-electron chi connectivity index (χ4n) is 3.90. The lowest BCUT2D eigenvalue weighted by atomic mass is 9.86. The normalized spacial score (nSPS) is 12.0. The van der Waals surface area contributed by atoms with E-state index in [-0.39, 0.29) is 0 Å². The van der Waals surface area contributed by atoms with Crippen molar-refractivity contribution in [3.05, 3.63) is 0 Å². The highest BCUT2D eigenvalue weighted by molar-refractivity contribution is 4.65. The Morgan fingerprint density at radius 3 is 1.14 bits per heavy atom. The molecule has 0 saturated heterocycles. The van der Waals surface area contributed by atoms with E-state index in [2.05, 4.69) is 34.6 Å². The lowest BCUT2D eigenvalue weighted by Crippen LogP contribution is -2.05. The largest absolute Gasteiger partial charge is 0.0654 e. The molecule has 0 aliphatic heterocycles. The lowest BCUT2D eigenvalue weighted by molar-refractivity contribution is 0.332. The van der Waals surface area contributed by atoms with Crippen molar-refractivity contribution in [1.29, 1.82) is 0 Å². The first-order valence-corrected chi connectivity index (χ1v) is 10.7. The molecule has 0 heteroatoms. The van der Waals surface area contributed by atoms with Crippen molar-refractivity contribution in [2.75, 3.05) is 0 Å². The summed E-state index contributed by atoms with van der Waals surface area (Å²) in [7, 11) is 0. The fourth-order valence-corrected chi connectivity index (χ4v) is 3.90. The van der Waals surface area contributed by atoms with E-state index in [1.165, 1.54) is 89.9 Å². The van der Waals surface area contributed by atoms with Crippen LogP contribution in [0.25, 0.3) is 0 Å². The second kappa shape index (κ2) is 15.9. The van der Waals surface area contributed by atoms with Gasteiger partial charge in [0.2, 0.25) is 0 Å². The highest BCUT2D eigenvalue weighted by Gasteiger charge is 2.12. The van der Waals surface area contributed by atoms with Crippen LogP contribution in [-0.2, 0) is 0 Å². The van der Waals surface area contributed by atoms with Gasteiger partial charge in [-0.05, 0) is 17.8 Å². The molecule has 0 aromatic heterocycles. The lowest BCUT2D eigenvalue weighted by Gasteiger charge is -2.20. The third-order valence-corrected chi connectivity index (χ3v) is 5.97. The standard InChI is InChI=1S/C22H46/c1-6-11-12-15-22(18-13-16-20(7-2)8-3)19-14-17-21(9-4)10-5/h20-22H,6-19H2,1-5H3. The van der Waals surface area contributed by atoms with Gasteiger partial charge in [0.25, 0.3) is 0 Å². The summed E-state index contributed by atoms with van der Waals surface area (Å²) < 4.78 is 0. The third-order valence-electron chi connectivity index (χ3n) is 5.97. The van der Waals surface area contributed by atoms with E-state index < -0.39 is 0 Å². The van der Waals surface area contributed by atoms with Crippen molar-refractivity contribution >= 4 is 0 Å². The molecule has 0 aromatic carbocycles. The van der Waals surface area contributed by atoms with Crippen LogP contribution in [-0.4, -0.2) is 0 Å². The van der Waals surface area contributed by atoms with Crippen molar-refractivity contribution in [1.82, 2.24) is 0 Å². The van der Waals surface area contributed by atoms with Gasteiger partial charge in [-0.1, -0.05) is 125 Å². The number of hydrogen-bond acceptors (Lipinski definition) is 0. The maximum atomic E-state index is 2.36. The molecule has 0 nitrogen and oxygen atoms in total. The third kappa shape index (κ3) is 11.6. The Bertz CT molecular complexity index is 182. The quantitative estimate of drug-likeness (QED) is 0.251. The van der Waals surface area contributed by atoms with Crippen LogP contribution in [0.3, 0.4) is 0 Å². The Morgan fingerprint density at radius 2 is 0.773 bits per heavy atom. The highest BCUT2D eigenvalue weighted by atomic mass is 14.2. The molecule has 0 bridgehead atoms. The van der Waals surface area contributed by atoms with Crippen molar-refractivity contribution in [3.63, 3.8) is 0 Å². The molecule has 0 heterocycles. The van der Waals surface area contributed by atoms with E-state index >= 15 is 0 Å². The molecule has 0 aromatic rings. The number of unbranched alkanes of at least 4 members (excludes halogenated alkanes) is 2. The maximum Gasteiger partial charge on any atom is -0.0414 e. The Labute approximate surface area is 142 Å². The molecular formula is C22H46. The summed E-state index contributed by atoms with van der Waals surface area (Å²) in [6.07, 6.45) is 20.2. The molecular weight excluding hydrogens is 264 g/mol. The van der Waals surface area contributed by atoms with Gasteiger partial charge in [0, 0.05) is 0 Å². The molecule has 0 N–H and O–H groups in total. The van der Waals surface area contributed by atoms with Crippen molar-refractivity contribution in [2.45, 2.75) is 125 Å². The first-order valence-electron chi connectivity index (χ1n) is 10.7. The van der Waals surface area contributed by atoms with Gasteiger partial charge in [0.15, 0.2) is 0 Å². The van der Waals surface area contributed by atoms with E-state index in [1.807, 2.05) is 0 Å². The van der Waals surface area contributed by atoms with E-state index in [9.17, 15) is 0 Å². The van der Waals surface area contributed by atoms with Gasteiger partial charge in [0.05, 0.1) is 0 Å². The van der Waals surface area contributed by atoms with Crippen molar-refractivity contribution in [2.24, 2.45) is 17.8 Å². The zero-order valence-electron chi connectivity index (χ0n) is 16.6. The summed E-state index contributed by atoms with van der Waals surface area (Å²) in [6, 6.07) is 0. The highest BCUT2D eigenvalue weighted by Crippen LogP contribution is 2.27. The van der Waals surface area contributed by atoms with Crippen LogP contribution in [0.1, 0.15) is 125 Å². The molecule has 0 fully saturated rings. The Morgan fingerprint density at radius 1 is 0.409 bits per heavy atom. The van der Waals surface area contributed by atoms with Crippen LogP contribution >= 0.6 is 0 Å². The number of hydrogen-bond donors (Lipinski definition) is 0. The molecule has 22 heavy (non-hydrogen) atoms. The fraction of sp³-hybridized carbons (Fsp3) is 1.00. The molecule has 0 aliphatic rings. The van der Waals surface area contributed by atoms with Gasteiger partial charge >= 0.3 is 0 Å². The van der Waals surface area contributed by atoms with E-state index in [1.54, 1.807) is 0 Å². The summed E-state index contributed by atoms with van der Waals surface area (Å²) in [5.41, 5.74) is 0. The van der Waals surface area contributed by atoms with Crippen LogP contribution < -0.4 is 0 Å². The SMILES string of the molecule is CCCCCC(CCCC(CC)CC)CCCC(CC)CC.